The van der Waals surface area contributed by atoms with Gasteiger partial charge in [0.25, 0.3) is 0 Å². The minimum absolute atomic E-state index is 0.181. The summed E-state index contributed by atoms with van der Waals surface area (Å²) in [4.78, 5) is 10.9. The van der Waals surface area contributed by atoms with Gasteiger partial charge in [0.1, 0.15) is 0 Å². The molecule has 2 rings (SSSR count). The van der Waals surface area contributed by atoms with Crippen LogP contribution < -0.4 is 11.1 Å². The van der Waals surface area contributed by atoms with Crippen LogP contribution in [0.1, 0.15) is 12.8 Å². The Bertz CT molecular complexity index is 340. The smallest absolute Gasteiger partial charge is 0.217 e. The van der Waals surface area contributed by atoms with Crippen molar-refractivity contribution < 1.29 is 4.79 Å². The van der Waals surface area contributed by atoms with E-state index in [0.29, 0.717) is 18.4 Å². The summed E-state index contributed by atoms with van der Waals surface area (Å²) in [6.45, 7) is 1.01. The summed E-state index contributed by atoms with van der Waals surface area (Å²) in [5.74, 6) is 1.27. The molecule has 1 fully saturated rings. The molecule has 0 saturated carbocycles. The first-order valence-electron chi connectivity index (χ1n) is 5.43. The van der Waals surface area contributed by atoms with Crippen molar-refractivity contribution in [3.63, 3.8) is 0 Å². The summed E-state index contributed by atoms with van der Waals surface area (Å²) in [6, 6.07) is 4.63. The summed E-state index contributed by atoms with van der Waals surface area (Å²) >= 11 is 3.62. The highest BCUT2D eigenvalue weighted by atomic mass is 32.2. The Morgan fingerprint density at radius 1 is 1.69 bits per heavy atom. The Kier molecular flexibility index (Phi) is 4.26. The molecule has 0 spiro atoms. The van der Waals surface area contributed by atoms with Gasteiger partial charge in [-0.25, -0.2) is 0 Å². The third kappa shape index (κ3) is 3.23. The molecule has 16 heavy (non-hydrogen) atoms. The van der Waals surface area contributed by atoms with Crippen LogP contribution in [0, 0.1) is 5.92 Å². The van der Waals surface area contributed by atoms with E-state index in [4.69, 9.17) is 5.73 Å². The fourth-order valence-electron chi connectivity index (χ4n) is 2.04. The number of primary amides is 1. The first-order valence-corrected chi connectivity index (χ1v) is 7.30. The van der Waals surface area contributed by atoms with Gasteiger partial charge >= 0.3 is 0 Å². The van der Waals surface area contributed by atoms with E-state index in [9.17, 15) is 4.79 Å². The topological polar surface area (TPSA) is 55.1 Å². The monoisotopic (exact) mass is 256 g/mol. The quantitative estimate of drug-likeness (QED) is 0.788. The van der Waals surface area contributed by atoms with E-state index in [1.807, 2.05) is 11.8 Å². The largest absolute Gasteiger partial charge is 0.370 e. The molecule has 1 aromatic rings. The lowest BCUT2D eigenvalue weighted by atomic mass is 9.98. The highest BCUT2D eigenvalue weighted by molar-refractivity contribution is 8.01. The van der Waals surface area contributed by atoms with Gasteiger partial charge in [-0.15, -0.1) is 23.1 Å². The minimum Gasteiger partial charge on any atom is -0.370 e. The van der Waals surface area contributed by atoms with Gasteiger partial charge in [0.15, 0.2) is 0 Å². The second-order valence-corrected chi connectivity index (χ2v) is 6.29. The van der Waals surface area contributed by atoms with Gasteiger partial charge in [0, 0.05) is 18.2 Å². The predicted octanol–water partition coefficient (Wildman–Crippen LogP) is 1.69. The molecule has 1 aliphatic heterocycles. The molecular formula is C11H16N2OS2. The van der Waals surface area contributed by atoms with Crippen molar-refractivity contribution in [3.8, 4) is 0 Å². The maximum Gasteiger partial charge on any atom is 0.217 e. The van der Waals surface area contributed by atoms with Crippen molar-refractivity contribution in [1.29, 1.82) is 0 Å². The number of carbonyl (C=O) groups excluding carboxylic acids is 1. The Hall–Kier alpha value is -0.520. The molecule has 0 radical (unpaired) electrons. The standard InChI is InChI=1S/C11H16N2OS2/c12-10(14)6-8-3-4-13-9(8)7-16-11-2-1-5-15-11/h1-2,5,8-9,13H,3-4,6-7H2,(H2,12,14). The zero-order valence-electron chi connectivity index (χ0n) is 9.02. The van der Waals surface area contributed by atoms with E-state index in [1.165, 1.54) is 4.21 Å². The molecule has 2 heterocycles. The van der Waals surface area contributed by atoms with Crippen LogP contribution in [0.2, 0.25) is 0 Å². The third-order valence-corrected chi connectivity index (χ3v) is 5.10. The summed E-state index contributed by atoms with van der Waals surface area (Å²) in [6.07, 6.45) is 1.58. The van der Waals surface area contributed by atoms with Crippen LogP contribution in [-0.4, -0.2) is 24.2 Å². The number of amides is 1. The fraction of sp³-hybridized carbons (Fsp3) is 0.545. The molecular weight excluding hydrogens is 240 g/mol. The molecule has 2 atom stereocenters. The number of nitrogens with two attached hydrogens (primary N) is 1. The number of thioether (sulfide) groups is 1. The van der Waals surface area contributed by atoms with Crippen molar-refractivity contribution in [2.24, 2.45) is 11.7 Å². The molecule has 0 aromatic carbocycles. The zero-order valence-corrected chi connectivity index (χ0v) is 10.7. The van der Waals surface area contributed by atoms with E-state index in [0.717, 1.165) is 18.7 Å². The number of hydrogen-bond donors (Lipinski definition) is 2. The lowest BCUT2D eigenvalue weighted by molar-refractivity contribution is -0.118. The van der Waals surface area contributed by atoms with Gasteiger partial charge in [-0.3, -0.25) is 4.79 Å². The molecule has 0 bridgehead atoms. The summed E-state index contributed by atoms with van der Waals surface area (Å²) in [5, 5.41) is 5.54. The highest BCUT2D eigenvalue weighted by Crippen LogP contribution is 2.28. The van der Waals surface area contributed by atoms with Gasteiger partial charge < -0.3 is 11.1 Å². The molecule has 1 amide bonds. The van der Waals surface area contributed by atoms with E-state index in [-0.39, 0.29) is 5.91 Å². The molecule has 1 saturated heterocycles. The summed E-state index contributed by atoms with van der Waals surface area (Å²) in [7, 11) is 0. The van der Waals surface area contributed by atoms with Crippen molar-refractivity contribution in [2.75, 3.05) is 12.3 Å². The normalized spacial score (nSPS) is 24.8. The van der Waals surface area contributed by atoms with Gasteiger partial charge in [-0.05, 0) is 30.3 Å². The van der Waals surface area contributed by atoms with Gasteiger partial charge in [0.05, 0.1) is 4.21 Å². The maximum atomic E-state index is 10.9. The van der Waals surface area contributed by atoms with E-state index >= 15 is 0 Å². The lowest BCUT2D eigenvalue weighted by Gasteiger charge is -2.17. The second kappa shape index (κ2) is 5.70. The van der Waals surface area contributed by atoms with E-state index in [1.54, 1.807) is 11.3 Å². The summed E-state index contributed by atoms with van der Waals surface area (Å²) < 4.78 is 1.34. The number of thiophene rings is 1. The van der Waals surface area contributed by atoms with Crippen LogP contribution in [0.5, 0.6) is 0 Å². The van der Waals surface area contributed by atoms with Crippen molar-refractivity contribution in [1.82, 2.24) is 5.32 Å². The van der Waals surface area contributed by atoms with Gasteiger partial charge in [0.2, 0.25) is 5.91 Å². The molecule has 0 aliphatic carbocycles. The SMILES string of the molecule is NC(=O)CC1CCNC1CSc1cccs1. The van der Waals surface area contributed by atoms with Gasteiger partial charge in [-0.2, -0.15) is 0 Å². The van der Waals surface area contributed by atoms with Gasteiger partial charge in [-0.1, -0.05) is 6.07 Å². The van der Waals surface area contributed by atoms with E-state index in [2.05, 4.69) is 22.8 Å². The molecule has 1 aromatic heterocycles. The molecule has 1 aliphatic rings. The minimum atomic E-state index is -0.181. The number of rotatable bonds is 5. The molecule has 3 N–H and O–H groups in total. The Morgan fingerprint density at radius 2 is 2.56 bits per heavy atom. The predicted molar refractivity (Wildman–Crippen MR) is 68.8 cm³/mol. The second-order valence-electron chi connectivity index (χ2n) is 4.02. The van der Waals surface area contributed by atoms with Crippen molar-refractivity contribution in [2.45, 2.75) is 23.1 Å². The molecule has 2 unspecified atom stereocenters. The zero-order chi connectivity index (χ0) is 11.4. The summed E-state index contributed by atoms with van der Waals surface area (Å²) in [5.41, 5.74) is 5.25. The number of nitrogens with one attached hydrogen (secondary N) is 1. The Labute approximate surface area is 104 Å². The maximum absolute atomic E-state index is 10.9. The molecule has 88 valence electrons. The number of hydrogen-bond acceptors (Lipinski definition) is 4. The Morgan fingerprint density at radius 3 is 3.25 bits per heavy atom. The van der Waals surface area contributed by atoms with Crippen molar-refractivity contribution in [3.05, 3.63) is 17.5 Å². The lowest BCUT2D eigenvalue weighted by Crippen LogP contribution is -2.31. The van der Waals surface area contributed by atoms with Crippen molar-refractivity contribution >= 4 is 29.0 Å². The molecule has 5 heteroatoms. The Balaban J connectivity index is 1.81. The van der Waals surface area contributed by atoms with Crippen LogP contribution in [0.3, 0.4) is 0 Å². The highest BCUT2D eigenvalue weighted by Gasteiger charge is 2.27. The van der Waals surface area contributed by atoms with Crippen LogP contribution >= 0.6 is 23.1 Å². The average Bonchev–Trinajstić information content (AvgIpc) is 2.84. The van der Waals surface area contributed by atoms with Crippen LogP contribution in [0.4, 0.5) is 0 Å². The fourth-order valence-corrected chi connectivity index (χ4v) is 4.04. The average molecular weight is 256 g/mol. The van der Waals surface area contributed by atoms with Crippen LogP contribution in [0.25, 0.3) is 0 Å². The number of carbonyl (C=O) groups is 1. The third-order valence-electron chi connectivity index (χ3n) is 2.85. The first kappa shape index (κ1) is 12.0. The van der Waals surface area contributed by atoms with Crippen LogP contribution in [-0.2, 0) is 4.79 Å². The van der Waals surface area contributed by atoms with E-state index < -0.39 is 0 Å². The van der Waals surface area contributed by atoms with Crippen LogP contribution in [0.15, 0.2) is 21.7 Å². The molecule has 3 nitrogen and oxygen atoms in total. The first-order chi connectivity index (χ1) is 7.75.